The van der Waals surface area contributed by atoms with E-state index in [0.717, 1.165) is 5.66 Å². The molecule has 1 heterocycles. The summed E-state index contributed by atoms with van der Waals surface area (Å²) < 4.78 is 4.02. The zero-order valence-electron chi connectivity index (χ0n) is 13.8. The number of rotatable bonds is 2. The van der Waals surface area contributed by atoms with Crippen LogP contribution in [0.5, 0.6) is 0 Å². The van der Waals surface area contributed by atoms with Crippen molar-refractivity contribution in [3.8, 4) is 0 Å². The summed E-state index contributed by atoms with van der Waals surface area (Å²) in [6.45, 7) is 16.5. The first-order valence-electron chi connectivity index (χ1n) is 6.65. The Morgan fingerprint density at radius 1 is 1.05 bits per heavy atom. The Morgan fingerprint density at radius 3 is 1.70 bits per heavy atom. The Balaban J connectivity index is -0.000000963. The van der Waals surface area contributed by atoms with E-state index in [-0.39, 0.29) is 46.9 Å². The second-order valence-electron chi connectivity index (χ2n) is 7.07. The Bertz CT molecular complexity index is 400. The van der Waals surface area contributed by atoms with Gasteiger partial charge in [0.2, 0.25) is 0 Å². The van der Waals surface area contributed by atoms with E-state index in [1.165, 1.54) is 0 Å². The van der Waals surface area contributed by atoms with E-state index in [9.17, 15) is 0 Å². The second-order valence-corrected chi connectivity index (χ2v) is 22.7. The molecule has 2 unspecified atom stereocenters. The quantitative estimate of drug-likeness (QED) is 0.393. The van der Waals surface area contributed by atoms with Gasteiger partial charge in [0.05, 0.1) is 0 Å². The van der Waals surface area contributed by atoms with Crippen LogP contribution in [0.3, 0.4) is 0 Å². The van der Waals surface area contributed by atoms with Crippen LogP contribution < -0.4 is 28.6 Å². The van der Waals surface area contributed by atoms with E-state index < -0.39 is 16.3 Å². The van der Waals surface area contributed by atoms with Gasteiger partial charge in [0.25, 0.3) is 0 Å². The predicted octanol–water partition coefficient (Wildman–Crippen LogP) is -2.84. The number of nitrogens with one attached hydrogen (secondary N) is 1. The summed E-state index contributed by atoms with van der Waals surface area (Å²) in [7, 11) is 0. The summed E-state index contributed by atoms with van der Waals surface area (Å²) >= 11 is -1.90. The molecule has 0 fully saturated rings. The average molecular weight is 394 g/mol. The fourth-order valence-electron chi connectivity index (χ4n) is 3.38. The number of allylic oxidation sites excluding steroid dienone is 2. The van der Waals surface area contributed by atoms with Crippen molar-refractivity contribution >= 4 is 21.8 Å². The third-order valence-electron chi connectivity index (χ3n) is 4.00. The number of halogens is 2. The van der Waals surface area contributed by atoms with E-state index in [1.807, 2.05) is 0 Å². The molecule has 0 saturated carbocycles. The van der Waals surface area contributed by atoms with Gasteiger partial charge in [0, 0.05) is 0 Å². The van der Waals surface area contributed by atoms with Crippen LogP contribution in [0.2, 0.25) is 10.5 Å². The summed E-state index contributed by atoms with van der Waals surface area (Å²) in [6, 6.07) is 0. The molecule has 1 aliphatic heterocycles. The average Bonchev–Trinajstić information content (AvgIpc) is 2.27. The van der Waals surface area contributed by atoms with Gasteiger partial charge in [0.1, 0.15) is 0 Å². The number of hydrogen-bond donors (Lipinski definition) is 1. The van der Waals surface area contributed by atoms with Gasteiger partial charge in [-0.3, -0.25) is 0 Å². The Morgan fingerprint density at radius 2 is 1.45 bits per heavy atom. The molecule has 1 N–H and O–H groups in total. The molecule has 122 valence electrons. The molecule has 0 aromatic rings. The summed E-state index contributed by atoms with van der Waals surface area (Å²) in [6.07, 6.45) is 0. The third kappa shape index (κ3) is 5.95. The van der Waals surface area contributed by atoms with Gasteiger partial charge in [-0.25, -0.2) is 0 Å². The van der Waals surface area contributed by atoms with Gasteiger partial charge in [-0.05, 0) is 11.0 Å². The Labute approximate surface area is 147 Å². The van der Waals surface area contributed by atoms with Crippen molar-refractivity contribution in [3.05, 3.63) is 11.1 Å². The van der Waals surface area contributed by atoms with Crippen LogP contribution in [-0.4, -0.2) is 27.5 Å². The van der Waals surface area contributed by atoms with Gasteiger partial charge >= 0.3 is 112 Å². The van der Waals surface area contributed by atoms with Crippen LogP contribution >= 0.6 is 5.54 Å². The minimum Gasteiger partial charge on any atom is -1.00 e. The van der Waals surface area contributed by atoms with Crippen LogP contribution in [0.1, 0.15) is 48.5 Å². The molecule has 6 heteroatoms. The second kappa shape index (κ2) is 8.97. The van der Waals surface area contributed by atoms with Crippen molar-refractivity contribution < 1.29 is 41.1 Å². The van der Waals surface area contributed by atoms with Crippen molar-refractivity contribution in [2.75, 3.05) is 0 Å². The van der Waals surface area contributed by atoms with E-state index in [1.54, 1.807) is 16.4 Å². The van der Waals surface area contributed by atoms with E-state index in [2.05, 4.69) is 62.7 Å². The maximum absolute atomic E-state index is 4.02. The molecule has 0 radical (unpaired) electrons. The van der Waals surface area contributed by atoms with Crippen LogP contribution in [0.25, 0.3) is 0 Å². The first-order chi connectivity index (χ1) is 7.47. The molecule has 20 heavy (non-hydrogen) atoms. The van der Waals surface area contributed by atoms with E-state index in [4.69, 9.17) is 0 Å². The monoisotopic (exact) mass is 393 g/mol. The summed E-state index contributed by atoms with van der Waals surface area (Å²) in [5.74, 6) is 0. The van der Waals surface area contributed by atoms with Crippen LogP contribution in [0.4, 0.5) is 0 Å². The van der Waals surface area contributed by atoms with E-state index in [0.29, 0.717) is 0 Å². The molecular formula is C14H34Cl2NPSiTi. The fraction of sp³-hybridized carbons (Fsp3) is 0.786. The standard InChI is InChI=1S/C8H13P.C4H10N.2CH3.2ClH.H4Si.Ti/c1-5-6(2)8(4)9-7(5)3;1-4(2,3)5;;;;;;/h7H,1-4H3;5H,1-3H3;2*1H3;2*1H;1H4;/q;-1;;;;;;+2/p-1. The molecule has 0 amide bonds. The smallest absolute Gasteiger partial charge is 0.0149 e. The Hall–Kier alpha value is 1.51. The van der Waals surface area contributed by atoms with Crippen molar-refractivity contribution in [2.24, 2.45) is 0 Å². The van der Waals surface area contributed by atoms with Gasteiger partial charge in [0.15, 0.2) is 0 Å². The molecular weight excluding hydrogens is 360 g/mol. The fourth-order valence-corrected chi connectivity index (χ4v) is 23.9. The molecule has 0 aromatic carbocycles. The molecule has 0 aromatic heterocycles. The van der Waals surface area contributed by atoms with Crippen LogP contribution in [0.15, 0.2) is 11.1 Å². The van der Waals surface area contributed by atoms with Gasteiger partial charge in [-0.2, -0.15) is 0 Å². The van der Waals surface area contributed by atoms with Crippen LogP contribution in [0, 0.1) is 0 Å². The largest absolute Gasteiger partial charge is 1.00 e. The maximum Gasteiger partial charge on any atom is -0.0149 e. The molecule has 0 saturated heterocycles. The van der Waals surface area contributed by atoms with Crippen molar-refractivity contribution in [1.82, 2.24) is 3.80 Å². The minimum absolute atomic E-state index is 0. The zero-order chi connectivity index (χ0) is 13.6. The molecule has 2 atom stereocenters. The third-order valence-corrected chi connectivity index (χ3v) is 20.6. The van der Waals surface area contributed by atoms with Gasteiger partial charge in [-0.15, -0.1) is 0 Å². The van der Waals surface area contributed by atoms with Gasteiger partial charge < -0.3 is 24.8 Å². The van der Waals surface area contributed by atoms with E-state index >= 15 is 0 Å². The van der Waals surface area contributed by atoms with Crippen molar-refractivity contribution in [2.45, 2.75) is 70.1 Å². The molecule has 1 nitrogen and oxygen atoms in total. The molecule has 0 aliphatic carbocycles. The summed E-state index contributed by atoms with van der Waals surface area (Å²) in [5.41, 5.74) is 4.02. The Kier molecular flexibility index (Phi) is 11.8. The molecule has 1 aliphatic rings. The topological polar surface area (TPSA) is 12.0 Å². The normalized spacial score (nSPS) is 22.1. The van der Waals surface area contributed by atoms with Crippen LogP contribution in [-0.2, 0) is 16.3 Å². The minimum atomic E-state index is -1.90. The first kappa shape index (κ1) is 26.4. The molecule has 0 spiro atoms. The molecule has 1 rings (SSSR count). The zero-order valence-corrected chi connectivity index (χ0v) is 17.9. The maximum atomic E-state index is 4.02. The van der Waals surface area contributed by atoms with Gasteiger partial charge in [-0.1, -0.05) is 0 Å². The summed E-state index contributed by atoms with van der Waals surface area (Å²) in [5, 5.41) is 6.90. The number of hydrogen-bond acceptors (Lipinski definition) is 1. The first-order valence-corrected chi connectivity index (χ1v) is 14.5. The van der Waals surface area contributed by atoms with Crippen molar-refractivity contribution in [3.63, 3.8) is 0 Å². The van der Waals surface area contributed by atoms with Crippen molar-refractivity contribution in [1.29, 1.82) is 0 Å². The summed E-state index contributed by atoms with van der Waals surface area (Å²) in [4.78, 5) is 0. The predicted molar refractivity (Wildman–Crippen MR) is 92.8 cm³/mol. The SMILES string of the molecule is CC1=C(C)C(C)[PH]([Ti+2]([CH3])([CH3])[NH]C(C)(C)C)=C1C.[Cl-].[Cl-].[SiH4]. The molecule has 0 bridgehead atoms.